The fourth-order valence-corrected chi connectivity index (χ4v) is 6.51. The Morgan fingerprint density at radius 3 is 2.61 bits per heavy atom. The van der Waals surface area contributed by atoms with E-state index in [-0.39, 0.29) is 11.9 Å². The lowest BCUT2D eigenvalue weighted by molar-refractivity contribution is 0.0996. The first-order valence-electron chi connectivity index (χ1n) is 11.2. The van der Waals surface area contributed by atoms with Crippen molar-refractivity contribution in [2.45, 2.75) is 51.0 Å². The number of thiophene rings is 1. The summed E-state index contributed by atoms with van der Waals surface area (Å²) in [5.74, 6) is 0.144. The Balaban J connectivity index is 1.63. The van der Waals surface area contributed by atoms with Crippen molar-refractivity contribution in [1.82, 2.24) is 4.90 Å². The molecule has 1 amide bonds. The van der Waals surface area contributed by atoms with Crippen molar-refractivity contribution in [3.8, 4) is 0 Å². The van der Waals surface area contributed by atoms with Crippen molar-refractivity contribution in [2.24, 2.45) is 0 Å². The van der Waals surface area contributed by atoms with Crippen LogP contribution in [-0.4, -0.2) is 23.9 Å². The van der Waals surface area contributed by atoms with Gasteiger partial charge in [-0.15, -0.1) is 11.3 Å². The van der Waals surface area contributed by atoms with Crippen LogP contribution in [-0.2, 0) is 12.8 Å². The van der Waals surface area contributed by atoms with E-state index in [4.69, 9.17) is 16.0 Å². The minimum Gasteiger partial charge on any atom is -0.459 e. The maximum atomic E-state index is 12.9. The van der Waals surface area contributed by atoms with Gasteiger partial charge in [-0.1, -0.05) is 36.2 Å². The van der Waals surface area contributed by atoms with E-state index < -0.39 is 0 Å². The topological polar surface area (TPSA) is 45.5 Å². The van der Waals surface area contributed by atoms with Crippen LogP contribution in [0.25, 0.3) is 0 Å². The smallest absolute Gasteiger partial charge is 0.291 e. The number of aryl methyl sites for hydroxylation is 1. The molecule has 2 aliphatic rings. The number of anilines is 1. The van der Waals surface area contributed by atoms with Crippen molar-refractivity contribution in [3.05, 3.63) is 75.0 Å². The molecule has 1 aliphatic carbocycles. The number of piperidine rings is 1. The van der Waals surface area contributed by atoms with Crippen molar-refractivity contribution >= 4 is 33.8 Å². The second-order valence-corrected chi connectivity index (χ2v) is 9.92. The quantitative estimate of drug-likeness (QED) is 0.466. The summed E-state index contributed by atoms with van der Waals surface area (Å²) in [4.78, 5) is 16.9. The van der Waals surface area contributed by atoms with Gasteiger partial charge in [-0.05, 0) is 80.9 Å². The zero-order valence-electron chi connectivity index (χ0n) is 17.5. The Morgan fingerprint density at radius 1 is 1.03 bits per heavy atom. The molecule has 1 atom stereocenters. The lowest BCUT2D eigenvalue weighted by Crippen LogP contribution is -2.35. The standard InChI is InChI=1S/C25H27ClN2O2S/c26-19-11-4-2-9-17(19)23(28-14-6-1-7-15-28)22-18-10-3-5-13-21(18)31-25(22)27-24(29)20-12-8-16-30-20/h2,4,8-9,11-12,16,23H,1,3,5-7,10,13-15H2,(H,27,29)/t23-/m1/s1. The largest absolute Gasteiger partial charge is 0.459 e. The van der Waals surface area contributed by atoms with E-state index in [0.29, 0.717) is 5.76 Å². The molecule has 2 aromatic heterocycles. The average molecular weight is 455 g/mol. The van der Waals surface area contributed by atoms with Gasteiger partial charge in [0.15, 0.2) is 5.76 Å². The molecule has 1 N–H and O–H groups in total. The summed E-state index contributed by atoms with van der Waals surface area (Å²) < 4.78 is 5.35. The number of nitrogens with one attached hydrogen (secondary N) is 1. The third kappa shape index (κ3) is 4.19. The van der Waals surface area contributed by atoms with Crippen LogP contribution in [0.3, 0.4) is 0 Å². The zero-order chi connectivity index (χ0) is 21.2. The van der Waals surface area contributed by atoms with Crippen molar-refractivity contribution in [3.63, 3.8) is 0 Å². The normalized spacial score (nSPS) is 17.8. The summed E-state index contributed by atoms with van der Waals surface area (Å²) in [6.45, 7) is 2.10. The van der Waals surface area contributed by atoms with Crippen LogP contribution in [0.2, 0.25) is 5.02 Å². The first kappa shape index (κ1) is 20.8. The number of hydrogen-bond acceptors (Lipinski definition) is 4. The Labute approximate surface area is 192 Å². The van der Waals surface area contributed by atoms with Crippen LogP contribution < -0.4 is 5.32 Å². The molecule has 0 radical (unpaired) electrons. The molecule has 1 aliphatic heterocycles. The van der Waals surface area contributed by atoms with Gasteiger partial charge in [0, 0.05) is 15.5 Å². The minimum atomic E-state index is -0.193. The molecule has 0 spiro atoms. The Bertz CT molecular complexity index is 1050. The van der Waals surface area contributed by atoms with Crippen LogP contribution in [0.15, 0.2) is 47.1 Å². The van der Waals surface area contributed by atoms with Gasteiger partial charge in [0.1, 0.15) is 5.00 Å². The van der Waals surface area contributed by atoms with Gasteiger partial charge in [-0.25, -0.2) is 0 Å². The van der Waals surface area contributed by atoms with Gasteiger partial charge in [0.2, 0.25) is 0 Å². The van der Waals surface area contributed by atoms with E-state index >= 15 is 0 Å². The molecule has 31 heavy (non-hydrogen) atoms. The van der Waals surface area contributed by atoms with E-state index in [1.165, 1.54) is 54.4 Å². The molecule has 0 unspecified atom stereocenters. The molecule has 5 rings (SSSR count). The first-order chi connectivity index (χ1) is 15.2. The highest BCUT2D eigenvalue weighted by Gasteiger charge is 2.33. The number of fused-ring (bicyclic) bond motifs is 1. The van der Waals surface area contributed by atoms with Gasteiger partial charge in [-0.2, -0.15) is 0 Å². The minimum absolute atomic E-state index is 0.0546. The van der Waals surface area contributed by atoms with E-state index in [1.54, 1.807) is 23.5 Å². The van der Waals surface area contributed by atoms with Crippen molar-refractivity contribution < 1.29 is 9.21 Å². The summed E-state index contributed by atoms with van der Waals surface area (Å²) >= 11 is 8.49. The van der Waals surface area contributed by atoms with E-state index in [0.717, 1.165) is 41.5 Å². The molecule has 1 aromatic carbocycles. The lowest BCUT2D eigenvalue weighted by Gasteiger charge is -2.36. The number of rotatable bonds is 5. The van der Waals surface area contributed by atoms with Crippen molar-refractivity contribution in [1.29, 1.82) is 0 Å². The number of amides is 1. The van der Waals surface area contributed by atoms with Gasteiger partial charge in [-0.3, -0.25) is 9.69 Å². The highest BCUT2D eigenvalue weighted by atomic mass is 35.5. The molecule has 0 bridgehead atoms. The lowest BCUT2D eigenvalue weighted by atomic mass is 9.88. The third-order valence-electron chi connectivity index (χ3n) is 6.41. The first-order valence-corrected chi connectivity index (χ1v) is 12.4. The van der Waals surface area contributed by atoms with E-state index in [9.17, 15) is 4.79 Å². The zero-order valence-corrected chi connectivity index (χ0v) is 19.1. The maximum Gasteiger partial charge on any atom is 0.291 e. The van der Waals surface area contributed by atoms with E-state index in [1.807, 2.05) is 12.1 Å². The average Bonchev–Trinajstić information content (AvgIpc) is 3.45. The number of hydrogen-bond donors (Lipinski definition) is 1. The molecule has 4 nitrogen and oxygen atoms in total. The Morgan fingerprint density at radius 2 is 1.84 bits per heavy atom. The third-order valence-corrected chi connectivity index (χ3v) is 7.98. The second kappa shape index (κ2) is 9.19. The Hall–Kier alpha value is -2.08. The number of halogens is 1. The van der Waals surface area contributed by atoms with Gasteiger partial charge >= 0.3 is 0 Å². The molecule has 1 saturated heterocycles. The molecule has 3 heterocycles. The van der Waals surface area contributed by atoms with Crippen LogP contribution >= 0.6 is 22.9 Å². The maximum absolute atomic E-state index is 12.9. The monoisotopic (exact) mass is 454 g/mol. The van der Waals surface area contributed by atoms with Crippen LogP contribution in [0, 0.1) is 0 Å². The van der Waals surface area contributed by atoms with Crippen LogP contribution in [0.5, 0.6) is 0 Å². The number of benzene rings is 1. The van der Waals surface area contributed by atoms with Crippen molar-refractivity contribution in [2.75, 3.05) is 18.4 Å². The molecule has 3 aromatic rings. The number of likely N-dealkylation sites (tertiary alicyclic amines) is 1. The fraction of sp³-hybridized carbons (Fsp3) is 0.400. The summed E-state index contributed by atoms with van der Waals surface area (Å²) in [6.07, 6.45) is 9.75. The van der Waals surface area contributed by atoms with Crippen LogP contribution in [0.4, 0.5) is 5.00 Å². The molecular weight excluding hydrogens is 428 g/mol. The van der Waals surface area contributed by atoms with Gasteiger partial charge in [0.25, 0.3) is 5.91 Å². The molecule has 1 fully saturated rings. The summed E-state index contributed by atoms with van der Waals surface area (Å²) in [7, 11) is 0. The molecule has 6 heteroatoms. The predicted octanol–water partition coefficient (Wildman–Crippen LogP) is 6.70. The SMILES string of the molecule is O=C(Nc1sc2c(c1[C@@H](c1ccccc1Cl)N1CCCCC1)CCCC2)c1ccco1. The summed E-state index contributed by atoms with van der Waals surface area (Å²) in [5, 5.41) is 4.93. The van der Waals surface area contributed by atoms with Gasteiger partial charge in [0.05, 0.1) is 12.3 Å². The Kier molecular flexibility index (Phi) is 6.17. The molecule has 162 valence electrons. The van der Waals surface area contributed by atoms with E-state index in [2.05, 4.69) is 22.3 Å². The van der Waals surface area contributed by atoms with Crippen LogP contribution in [0.1, 0.15) is 70.3 Å². The summed E-state index contributed by atoms with van der Waals surface area (Å²) in [5.41, 5.74) is 3.79. The highest BCUT2D eigenvalue weighted by molar-refractivity contribution is 7.16. The molecular formula is C25H27ClN2O2S. The second-order valence-electron chi connectivity index (χ2n) is 8.41. The number of furan rings is 1. The van der Waals surface area contributed by atoms with Gasteiger partial charge < -0.3 is 9.73 Å². The molecule has 0 saturated carbocycles. The number of carbonyl (C=O) groups excluding carboxylic acids is 1. The fourth-order valence-electron chi connectivity index (χ4n) is 4.95. The summed E-state index contributed by atoms with van der Waals surface area (Å²) in [6, 6.07) is 11.7. The number of nitrogens with zero attached hydrogens (tertiary/aromatic N) is 1. The highest BCUT2D eigenvalue weighted by Crippen LogP contribution is 2.47. The number of carbonyl (C=O) groups is 1. The predicted molar refractivity (Wildman–Crippen MR) is 126 cm³/mol.